The van der Waals surface area contributed by atoms with Gasteiger partial charge in [0.1, 0.15) is 0 Å². The molecule has 0 atom stereocenters. The zero-order valence-corrected chi connectivity index (χ0v) is 17.8. The lowest BCUT2D eigenvalue weighted by atomic mass is 10.2. The van der Waals surface area contributed by atoms with E-state index in [4.69, 9.17) is 23.8 Å². The summed E-state index contributed by atoms with van der Waals surface area (Å²) in [7, 11) is 0. The average Bonchev–Trinajstić information content (AvgIpc) is 2.70. The Hall–Kier alpha value is -1.69. The van der Waals surface area contributed by atoms with Crippen LogP contribution in [0.25, 0.3) is 0 Å². The second kappa shape index (κ2) is 11.9. The Balaban J connectivity index is 1.95. The SMILES string of the molecule is CCN(CC)CCCNC(=S)N(Cc1ccc(Cl)cc1)Cc1ccccn1. The molecule has 0 amide bonds. The molecule has 6 heteroatoms. The number of benzene rings is 1. The van der Waals surface area contributed by atoms with Crippen LogP contribution in [0.2, 0.25) is 5.02 Å². The molecule has 0 bridgehead atoms. The summed E-state index contributed by atoms with van der Waals surface area (Å²) >= 11 is 11.7. The number of aromatic nitrogens is 1. The molecule has 0 aliphatic carbocycles. The Morgan fingerprint density at radius 1 is 1.07 bits per heavy atom. The summed E-state index contributed by atoms with van der Waals surface area (Å²) in [5.41, 5.74) is 2.17. The summed E-state index contributed by atoms with van der Waals surface area (Å²) in [5, 5.41) is 4.92. The fourth-order valence-corrected chi connectivity index (χ4v) is 3.20. The van der Waals surface area contributed by atoms with Crippen molar-refractivity contribution in [2.24, 2.45) is 0 Å². The van der Waals surface area contributed by atoms with E-state index in [0.29, 0.717) is 6.54 Å². The maximum atomic E-state index is 6.01. The van der Waals surface area contributed by atoms with Gasteiger partial charge in [-0.25, -0.2) is 0 Å². The molecule has 0 saturated carbocycles. The van der Waals surface area contributed by atoms with Crippen molar-refractivity contribution in [2.45, 2.75) is 33.4 Å². The second-order valence-electron chi connectivity index (χ2n) is 6.42. The second-order valence-corrected chi connectivity index (χ2v) is 7.24. The molecule has 1 heterocycles. The highest BCUT2D eigenvalue weighted by molar-refractivity contribution is 7.80. The van der Waals surface area contributed by atoms with Crippen molar-refractivity contribution in [2.75, 3.05) is 26.2 Å². The molecule has 0 radical (unpaired) electrons. The van der Waals surface area contributed by atoms with Crippen LogP contribution in [0.5, 0.6) is 0 Å². The van der Waals surface area contributed by atoms with Gasteiger partial charge in [0.2, 0.25) is 0 Å². The first-order valence-electron chi connectivity index (χ1n) is 9.51. The molecule has 0 fully saturated rings. The molecule has 0 unspecified atom stereocenters. The highest BCUT2D eigenvalue weighted by Crippen LogP contribution is 2.13. The molecule has 0 saturated heterocycles. The molecule has 1 aromatic carbocycles. The molecule has 0 aliphatic rings. The molecule has 0 aliphatic heterocycles. The maximum absolute atomic E-state index is 6.01. The van der Waals surface area contributed by atoms with E-state index in [1.807, 2.05) is 48.7 Å². The van der Waals surface area contributed by atoms with Crippen LogP contribution in [0.1, 0.15) is 31.5 Å². The van der Waals surface area contributed by atoms with Crippen LogP contribution >= 0.6 is 23.8 Å². The Kier molecular flexibility index (Phi) is 9.53. The summed E-state index contributed by atoms with van der Waals surface area (Å²) in [5.74, 6) is 0. The van der Waals surface area contributed by atoms with E-state index in [9.17, 15) is 0 Å². The summed E-state index contributed by atoms with van der Waals surface area (Å²) in [4.78, 5) is 9.01. The third-order valence-electron chi connectivity index (χ3n) is 4.47. The van der Waals surface area contributed by atoms with E-state index in [-0.39, 0.29) is 0 Å². The Morgan fingerprint density at radius 2 is 1.81 bits per heavy atom. The largest absolute Gasteiger partial charge is 0.362 e. The van der Waals surface area contributed by atoms with Crippen molar-refractivity contribution in [3.8, 4) is 0 Å². The number of halogens is 1. The number of nitrogens with one attached hydrogen (secondary N) is 1. The lowest BCUT2D eigenvalue weighted by Crippen LogP contribution is -2.40. The van der Waals surface area contributed by atoms with E-state index in [1.54, 1.807) is 0 Å². The van der Waals surface area contributed by atoms with Crippen molar-refractivity contribution in [1.29, 1.82) is 0 Å². The molecule has 146 valence electrons. The molecule has 1 N–H and O–H groups in total. The van der Waals surface area contributed by atoms with Crippen molar-refractivity contribution in [1.82, 2.24) is 20.1 Å². The van der Waals surface area contributed by atoms with E-state index in [2.05, 4.69) is 33.9 Å². The first-order chi connectivity index (χ1) is 13.1. The van der Waals surface area contributed by atoms with E-state index < -0.39 is 0 Å². The van der Waals surface area contributed by atoms with Crippen LogP contribution in [0.3, 0.4) is 0 Å². The van der Waals surface area contributed by atoms with E-state index >= 15 is 0 Å². The first-order valence-corrected chi connectivity index (χ1v) is 10.3. The minimum Gasteiger partial charge on any atom is -0.362 e. The standard InChI is InChI=1S/C21H29ClN4S/c1-3-25(4-2)15-7-14-24-21(27)26(17-20-8-5-6-13-23-20)16-18-9-11-19(22)12-10-18/h5-6,8-13H,3-4,7,14-17H2,1-2H3,(H,24,27). The zero-order chi connectivity index (χ0) is 19.5. The summed E-state index contributed by atoms with van der Waals surface area (Å²) in [6.45, 7) is 9.91. The zero-order valence-electron chi connectivity index (χ0n) is 16.2. The average molecular weight is 405 g/mol. The molecule has 4 nitrogen and oxygen atoms in total. The lowest BCUT2D eigenvalue weighted by Gasteiger charge is -2.26. The monoisotopic (exact) mass is 404 g/mol. The van der Waals surface area contributed by atoms with Gasteiger partial charge in [-0.1, -0.05) is 43.6 Å². The van der Waals surface area contributed by atoms with Crippen LogP contribution < -0.4 is 5.32 Å². The molecule has 2 rings (SSSR count). The fraction of sp³-hybridized carbons (Fsp3) is 0.429. The topological polar surface area (TPSA) is 31.4 Å². The number of rotatable bonds is 10. The molecule has 2 aromatic rings. The predicted octanol–water partition coefficient (Wildman–Crippen LogP) is 4.34. The smallest absolute Gasteiger partial charge is 0.169 e. The Morgan fingerprint density at radius 3 is 2.44 bits per heavy atom. The summed E-state index contributed by atoms with van der Waals surface area (Å²) < 4.78 is 0. The van der Waals surface area contributed by atoms with E-state index in [0.717, 1.165) is 55.0 Å². The normalized spacial score (nSPS) is 10.8. The van der Waals surface area contributed by atoms with Crippen LogP contribution in [0.4, 0.5) is 0 Å². The highest BCUT2D eigenvalue weighted by Gasteiger charge is 2.12. The third-order valence-corrected chi connectivity index (χ3v) is 5.13. The number of pyridine rings is 1. The minimum absolute atomic E-state index is 0.672. The Labute approximate surface area is 173 Å². The van der Waals surface area contributed by atoms with Gasteiger partial charge in [-0.05, 0) is 68.1 Å². The van der Waals surface area contributed by atoms with Crippen LogP contribution in [-0.4, -0.2) is 46.1 Å². The van der Waals surface area contributed by atoms with Crippen LogP contribution in [-0.2, 0) is 13.1 Å². The summed E-state index contributed by atoms with van der Waals surface area (Å²) in [6.07, 6.45) is 2.89. The molecule has 0 spiro atoms. The van der Waals surface area contributed by atoms with Gasteiger partial charge in [-0.2, -0.15) is 0 Å². The van der Waals surface area contributed by atoms with Gasteiger partial charge in [-0.15, -0.1) is 0 Å². The third kappa shape index (κ3) is 7.83. The number of nitrogens with zero attached hydrogens (tertiary/aromatic N) is 3. The number of hydrogen-bond donors (Lipinski definition) is 1. The quantitative estimate of drug-likeness (QED) is 0.470. The predicted molar refractivity (Wildman–Crippen MR) is 118 cm³/mol. The molecular weight excluding hydrogens is 376 g/mol. The van der Waals surface area contributed by atoms with Crippen molar-refractivity contribution in [3.63, 3.8) is 0 Å². The van der Waals surface area contributed by atoms with E-state index in [1.165, 1.54) is 5.56 Å². The summed E-state index contributed by atoms with van der Waals surface area (Å²) in [6, 6.07) is 13.9. The van der Waals surface area contributed by atoms with Gasteiger partial charge >= 0.3 is 0 Å². The van der Waals surface area contributed by atoms with Crippen molar-refractivity contribution < 1.29 is 0 Å². The maximum Gasteiger partial charge on any atom is 0.169 e. The molecular formula is C21H29ClN4S. The van der Waals surface area contributed by atoms with Crippen LogP contribution in [0.15, 0.2) is 48.7 Å². The lowest BCUT2D eigenvalue weighted by molar-refractivity contribution is 0.299. The van der Waals surface area contributed by atoms with Gasteiger partial charge in [0.05, 0.1) is 12.2 Å². The fourth-order valence-electron chi connectivity index (χ4n) is 2.85. The van der Waals surface area contributed by atoms with Gasteiger partial charge in [0, 0.05) is 24.3 Å². The molecule has 1 aromatic heterocycles. The molecule has 27 heavy (non-hydrogen) atoms. The van der Waals surface area contributed by atoms with Gasteiger partial charge in [0.25, 0.3) is 0 Å². The Bertz CT molecular complexity index is 674. The van der Waals surface area contributed by atoms with Crippen LogP contribution in [0, 0.1) is 0 Å². The van der Waals surface area contributed by atoms with Gasteiger partial charge < -0.3 is 15.1 Å². The number of thiocarbonyl (C=S) groups is 1. The number of hydrogen-bond acceptors (Lipinski definition) is 3. The van der Waals surface area contributed by atoms with Gasteiger partial charge in [0.15, 0.2) is 5.11 Å². The van der Waals surface area contributed by atoms with Crippen molar-refractivity contribution in [3.05, 3.63) is 64.9 Å². The minimum atomic E-state index is 0.672. The van der Waals surface area contributed by atoms with Gasteiger partial charge in [-0.3, -0.25) is 4.98 Å². The van der Waals surface area contributed by atoms with Crippen molar-refractivity contribution >= 4 is 28.9 Å². The first kappa shape index (κ1) is 21.6. The highest BCUT2D eigenvalue weighted by atomic mass is 35.5.